The van der Waals surface area contributed by atoms with Gasteiger partial charge in [0.15, 0.2) is 0 Å². The molecule has 2 aromatic rings. The van der Waals surface area contributed by atoms with Gasteiger partial charge >= 0.3 is 0 Å². The third-order valence-electron chi connectivity index (χ3n) is 4.02. The molecule has 3 rings (SSSR count). The van der Waals surface area contributed by atoms with E-state index in [1.165, 1.54) is 11.1 Å². The molecule has 0 N–H and O–H groups in total. The second-order valence-electron chi connectivity index (χ2n) is 5.27. The van der Waals surface area contributed by atoms with E-state index in [2.05, 4.69) is 6.07 Å². The van der Waals surface area contributed by atoms with Crippen LogP contribution in [-0.4, -0.2) is 29.3 Å². The van der Waals surface area contributed by atoms with E-state index in [4.69, 9.17) is 11.6 Å². The third kappa shape index (κ3) is 2.57. The smallest absolute Gasteiger partial charge is 0.255 e. The van der Waals surface area contributed by atoms with Gasteiger partial charge in [-0.15, -0.1) is 22.9 Å². The number of nitrogens with zero attached hydrogens (tertiary/aromatic N) is 1. The molecular weight excluding hydrogens is 290 g/mol. The van der Waals surface area contributed by atoms with Crippen molar-refractivity contribution in [3.05, 3.63) is 35.2 Å². The average Bonchev–Trinajstić information content (AvgIpc) is 2.84. The predicted molar refractivity (Wildman–Crippen MR) is 85.8 cm³/mol. The Kier molecular flexibility index (Phi) is 4.27. The van der Waals surface area contributed by atoms with Gasteiger partial charge in [0, 0.05) is 33.9 Å². The molecule has 1 aromatic carbocycles. The summed E-state index contributed by atoms with van der Waals surface area (Å²) in [7, 11) is 0. The average molecular weight is 308 g/mol. The first-order valence-corrected chi connectivity index (χ1v) is 8.56. The fourth-order valence-electron chi connectivity index (χ4n) is 2.68. The highest BCUT2D eigenvalue weighted by Crippen LogP contribution is 2.31. The molecule has 0 saturated heterocycles. The zero-order valence-electron chi connectivity index (χ0n) is 11.3. The van der Waals surface area contributed by atoms with E-state index in [0.29, 0.717) is 11.9 Å². The van der Waals surface area contributed by atoms with Gasteiger partial charge in [0.25, 0.3) is 5.91 Å². The Balaban J connectivity index is 1.88. The van der Waals surface area contributed by atoms with Gasteiger partial charge in [-0.1, -0.05) is 18.2 Å². The standard InChI is InChI=1S/C16H18ClNOS/c17-9-4-10-18(12-5-3-6-12)16(19)14-11-20-15-8-2-1-7-13(14)15/h1-2,7-8,11-12H,3-6,9-10H2. The molecular formula is C16H18ClNOS. The number of fused-ring (bicyclic) bond motifs is 1. The van der Waals surface area contributed by atoms with E-state index in [1.807, 2.05) is 28.5 Å². The van der Waals surface area contributed by atoms with Crippen LogP contribution in [0.4, 0.5) is 0 Å². The van der Waals surface area contributed by atoms with Crippen molar-refractivity contribution in [2.24, 2.45) is 0 Å². The van der Waals surface area contributed by atoms with Gasteiger partial charge in [-0.05, 0) is 31.7 Å². The second-order valence-corrected chi connectivity index (χ2v) is 6.56. The van der Waals surface area contributed by atoms with E-state index >= 15 is 0 Å². The van der Waals surface area contributed by atoms with Gasteiger partial charge in [-0.25, -0.2) is 0 Å². The van der Waals surface area contributed by atoms with E-state index in [-0.39, 0.29) is 5.91 Å². The number of halogens is 1. The molecule has 0 unspecified atom stereocenters. The minimum atomic E-state index is 0.178. The SMILES string of the molecule is O=C(c1csc2ccccc12)N(CCCCl)C1CCC1. The summed E-state index contributed by atoms with van der Waals surface area (Å²) in [4.78, 5) is 14.9. The van der Waals surface area contributed by atoms with E-state index in [0.717, 1.165) is 36.8 Å². The number of hydrogen-bond donors (Lipinski definition) is 0. The van der Waals surface area contributed by atoms with Crippen LogP contribution in [0.15, 0.2) is 29.6 Å². The van der Waals surface area contributed by atoms with Crippen LogP contribution in [0.1, 0.15) is 36.0 Å². The Bertz CT molecular complexity index is 605. The minimum absolute atomic E-state index is 0.178. The molecule has 1 saturated carbocycles. The van der Waals surface area contributed by atoms with Crippen molar-refractivity contribution >= 4 is 38.9 Å². The summed E-state index contributed by atoms with van der Waals surface area (Å²) < 4.78 is 1.18. The second kappa shape index (κ2) is 6.15. The topological polar surface area (TPSA) is 20.3 Å². The number of rotatable bonds is 5. The Labute approximate surface area is 128 Å². The Morgan fingerprint density at radius 1 is 1.35 bits per heavy atom. The monoisotopic (exact) mass is 307 g/mol. The molecule has 0 radical (unpaired) electrons. The first kappa shape index (κ1) is 13.9. The van der Waals surface area contributed by atoms with Crippen molar-refractivity contribution < 1.29 is 4.79 Å². The first-order chi connectivity index (χ1) is 9.81. The summed E-state index contributed by atoms with van der Waals surface area (Å²) in [5, 5.41) is 3.08. The molecule has 1 fully saturated rings. The van der Waals surface area contributed by atoms with Crippen molar-refractivity contribution in [2.45, 2.75) is 31.7 Å². The predicted octanol–water partition coefficient (Wildman–Crippen LogP) is 4.52. The number of hydrogen-bond acceptors (Lipinski definition) is 2. The Morgan fingerprint density at radius 2 is 2.15 bits per heavy atom. The quantitative estimate of drug-likeness (QED) is 0.743. The molecule has 0 atom stereocenters. The lowest BCUT2D eigenvalue weighted by Crippen LogP contribution is -2.44. The number of alkyl halides is 1. The molecule has 1 amide bonds. The van der Waals surface area contributed by atoms with Gasteiger partial charge in [0.1, 0.15) is 0 Å². The van der Waals surface area contributed by atoms with Crippen molar-refractivity contribution in [1.29, 1.82) is 0 Å². The molecule has 0 aliphatic heterocycles. The van der Waals surface area contributed by atoms with Crippen LogP contribution >= 0.6 is 22.9 Å². The highest BCUT2D eigenvalue weighted by Gasteiger charge is 2.29. The Hall–Kier alpha value is -1.06. The number of benzene rings is 1. The van der Waals surface area contributed by atoms with Gasteiger partial charge in [0.2, 0.25) is 0 Å². The zero-order valence-corrected chi connectivity index (χ0v) is 12.9. The zero-order chi connectivity index (χ0) is 13.9. The highest BCUT2D eigenvalue weighted by molar-refractivity contribution is 7.17. The largest absolute Gasteiger partial charge is 0.336 e. The van der Waals surface area contributed by atoms with Gasteiger partial charge < -0.3 is 4.90 Å². The molecule has 1 heterocycles. The van der Waals surface area contributed by atoms with Gasteiger partial charge in [-0.3, -0.25) is 4.79 Å². The fraction of sp³-hybridized carbons (Fsp3) is 0.438. The maximum Gasteiger partial charge on any atom is 0.255 e. The van der Waals surface area contributed by atoms with Crippen LogP contribution in [0.3, 0.4) is 0 Å². The Morgan fingerprint density at radius 3 is 2.85 bits per heavy atom. The van der Waals surface area contributed by atoms with E-state index in [9.17, 15) is 4.79 Å². The molecule has 1 aliphatic rings. The lowest BCUT2D eigenvalue weighted by molar-refractivity contribution is 0.0583. The third-order valence-corrected chi connectivity index (χ3v) is 5.25. The van der Waals surface area contributed by atoms with Crippen LogP contribution < -0.4 is 0 Å². The molecule has 4 heteroatoms. The number of thiophene rings is 1. The maximum atomic E-state index is 12.8. The van der Waals surface area contributed by atoms with Crippen LogP contribution in [0.5, 0.6) is 0 Å². The summed E-state index contributed by atoms with van der Waals surface area (Å²) >= 11 is 7.45. The molecule has 20 heavy (non-hydrogen) atoms. The molecule has 106 valence electrons. The first-order valence-electron chi connectivity index (χ1n) is 7.14. The lowest BCUT2D eigenvalue weighted by atomic mass is 9.90. The molecule has 2 nitrogen and oxygen atoms in total. The van der Waals surface area contributed by atoms with Crippen molar-refractivity contribution in [2.75, 3.05) is 12.4 Å². The van der Waals surface area contributed by atoms with Crippen molar-refractivity contribution in [3.8, 4) is 0 Å². The molecule has 0 spiro atoms. The highest BCUT2D eigenvalue weighted by atomic mass is 35.5. The number of amides is 1. The van der Waals surface area contributed by atoms with Crippen LogP contribution in [-0.2, 0) is 0 Å². The van der Waals surface area contributed by atoms with Gasteiger partial charge in [0.05, 0.1) is 5.56 Å². The van der Waals surface area contributed by atoms with Crippen molar-refractivity contribution in [3.63, 3.8) is 0 Å². The number of carbonyl (C=O) groups is 1. The molecule has 0 bridgehead atoms. The van der Waals surface area contributed by atoms with Crippen LogP contribution in [0.25, 0.3) is 10.1 Å². The fourth-order valence-corrected chi connectivity index (χ4v) is 3.73. The maximum absolute atomic E-state index is 12.8. The van der Waals surface area contributed by atoms with Crippen LogP contribution in [0, 0.1) is 0 Å². The summed E-state index contributed by atoms with van der Waals surface area (Å²) in [5.74, 6) is 0.790. The lowest BCUT2D eigenvalue weighted by Gasteiger charge is -2.37. The van der Waals surface area contributed by atoms with Crippen molar-refractivity contribution in [1.82, 2.24) is 4.90 Å². The molecule has 1 aliphatic carbocycles. The summed E-state index contributed by atoms with van der Waals surface area (Å²) in [6, 6.07) is 8.55. The van der Waals surface area contributed by atoms with Gasteiger partial charge in [-0.2, -0.15) is 0 Å². The van der Waals surface area contributed by atoms with E-state index in [1.54, 1.807) is 11.3 Å². The minimum Gasteiger partial charge on any atom is -0.336 e. The summed E-state index contributed by atoms with van der Waals surface area (Å²) in [6.45, 7) is 0.775. The summed E-state index contributed by atoms with van der Waals surface area (Å²) in [6.07, 6.45) is 4.37. The molecule has 1 aromatic heterocycles. The normalized spacial score (nSPS) is 15.2. The number of carbonyl (C=O) groups excluding carboxylic acids is 1. The summed E-state index contributed by atoms with van der Waals surface area (Å²) in [5.41, 5.74) is 0.854. The van der Waals surface area contributed by atoms with Crippen LogP contribution in [0.2, 0.25) is 0 Å². The van der Waals surface area contributed by atoms with E-state index < -0.39 is 0 Å².